The lowest BCUT2D eigenvalue weighted by Gasteiger charge is -2.40. The molecule has 0 saturated heterocycles. The van der Waals surface area contributed by atoms with E-state index in [2.05, 4.69) is 46.1 Å². The quantitative estimate of drug-likeness (QED) is 0.692. The third-order valence-corrected chi connectivity index (χ3v) is 5.16. The molecule has 0 aliphatic carbocycles. The van der Waals surface area contributed by atoms with Crippen LogP contribution in [0.1, 0.15) is 37.4 Å². The average Bonchev–Trinajstić information content (AvgIpc) is 2.63. The third kappa shape index (κ3) is 4.02. The number of benzene rings is 2. The number of carbonyl (C=O) groups excluding carboxylic acids is 1. The van der Waals surface area contributed by atoms with Gasteiger partial charge in [-0.1, -0.05) is 58.4 Å². The Balaban J connectivity index is 1.85. The maximum atomic E-state index is 11.8. The predicted molar refractivity (Wildman–Crippen MR) is 103 cm³/mol. The van der Waals surface area contributed by atoms with Gasteiger partial charge in [0.15, 0.2) is 0 Å². The second-order valence-corrected chi connectivity index (χ2v) is 7.38. The summed E-state index contributed by atoms with van der Waals surface area (Å²) in [5.74, 6) is 0.114. The van der Waals surface area contributed by atoms with Crippen LogP contribution in [-0.4, -0.2) is 17.4 Å². The van der Waals surface area contributed by atoms with Crippen molar-refractivity contribution in [2.45, 2.75) is 31.9 Å². The van der Waals surface area contributed by atoms with Gasteiger partial charge < -0.3 is 9.64 Å². The number of hydrogen-bond donors (Lipinski definition) is 0. The van der Waals surface area contributed by atoms with Crippen molar-refractivity contribution >= 4 is 21.7 Å². The molecule has 0 aromatic heterocycles. The molecule has 3 rings (SSSR count). The molecule has 0 amide bonds. The minimum atomic E-state index is -0.678. The Bertz CT molecular complexity index is 757. The van der Waals surface area contributed by atoms with Crippen LogP contribution in [0.4, 0.5) is 0 Å². The van der Waals surface area contributed by atoms with Gasteiger partial charge in [0.05, 0.1) is 6.04 Å². The summed E-state index contributed by atoms with van der Waals surface area (Å²) in [6.45, 7) is 4.20. The lowest BCUT2D eigenvalue weighted by molar-refractivity contribution is -0.129. The first-order valence-electron chi connectivity index (χ1n) is 8.40. The number of rotatable bonds is 5. The highest BCUT2D eigenvalue weighted by atomic mass is 79.9. The number of carbonyl (C=O) groups is 1. The van der Waals surface area contributed by atoms with Gasteiger partial charge in [-0.15, -0.1) is 0 Å². The molecule has 25 heavy (non-hydrogen) atoms. The van der Waals surface area contributed by atoms with Crippen LogP contribution in [0, 0.1) is 0 Å². The number of hydrogen-bond acceptors (Lipinski definition) is 3. The van der Waals surface area contributed by atoms with Crippen LogP contribution in [0.2, 0.25) is 0 Å². The molecule has 0 bridgehead atoms. The molecule has 0 radical (unpaired) electrons. The molecule has 1 aliphatic rings. The first-order chi connectivity index (χ1) is 12.0. The zero-order valence-corrected chi connectivity index (χ0v) is 16.1. The van der Waals surface area contributed by atoms with Crippen molar-refractivity contribution in [2.24, 2.45) is 0 Å². The summed E-state index contributed by atoms with van der Waals surface area (Å²) in [5, 5.41) is 0. The number of ketones is 1. The SMILES string of the molecule is CC(=O)C[C@@]1(c2ccccc2)C=CN([C@@H](C)c2ccc(Br)cc2)CO1. The maximum absolute atomic E-state index is 11.8. The minimum Gasteiger partial charge on any atom is -0.348 e. The van der Waals surface area contributed by atoms with Crippen molar-refractivity contribution in [3.05, 3.63) is 82.5 Å². The van der Waals surface area contributed by atoms with E-state index < -0.39 is 5.60 Å². The van der Waals surface area contributed by atoms with Crippen LogP contribution in [0.15, 0.2) is 71.3 Å². The summed E-state index contributed by atoms with van der Waals surface area (Å²) < 4.78 is 7.32. The Morgan fingerprint density at radius 3 is 2.44 bits per heavy atom. The molecule has 3 nitrogen and oxygen atoms in total. The van der Waals surface area contributed by atoms with Crippen LogP contribution < -0.4 is 0 Å². The van der Waals surface area contributed by atoms with E-state index in [4.69, 9.17) is 4.74 Å². The topological polar surface area (TPSA) is 29.5 Å². The van der Waals surface area contributed by atoms with E-state index in [1.807, 2.05) is 48.5 Å². The first kappa shape index (κ1) is 17.9. The van der Waals surface area contributed by atoms with Crippen LogP contribution in [0.3, 0.4) is 0 Å². The van der Waals surface area contributed by atoms with E-state index >= 15 is 0 Å². The number of Topliss-reactive ketones (excluding diaryl/α,β-unsaturated/α-hetero) is 1. The standard InChI is InChI=1S/C21H22BrNO2/c1-16(24)14-21(19-6-4-3-5-7-19)12-13-23(15-25-21)17(2)18-8-10-20(22)11-9-18/h3-13,17H,14-15H2,1-2H3/t17-,21+/m0/s1. The van der Waals surface area contributed by atoms with Crippen molar-refractivity contribution in [3.8, 4) is 0 Å². The monoisotopic (exact) mass is 399 g/mol. The van der Waals surface area contributed by atoms with Gasteiger partial charge in [-0.05, 0) is 43.2 Å². The fraction of sp³-hybridized carbons (Fsp3) is 0.286. The molecule has 0 saturated carbocycles. The van der Waals surface area contributed by atoms with Crippen LogP contribution in [0.5, 0.6) is 0 Å². The highest BCUT2D eigenvalue weighted by Crippen LogP contribution is 2.36. The van der Waals surface area contributed by atoms with Gasteiger partial charge in [0.25, 0.3) is 0 Å². The molecule has 2 aromatic carbocycles. The summed E-state index contributed by atoms with van der Waals surface area (Å²) in [5.41, 5.74) is 1.55. The Kier molecular flexibility index (Phi) is 5.40. The van der Waals surface area contributed by atoms with Crippen molar-refractivity contribution < 1.29 is 9.53 Å². The van der Waals surface area contributed by atoms with E-state index in [1.54, 1.807) is 6.92 Å². The average molecular weight is 400 g/mol. The van der Waals surface area contributed by atoms with Gasteiger partial charge in [0.2, 0.25) is 0 Å². The number of ether oxygens (including phenoxy) is 1. The Morgan fingerprint density at radius 1 is 1.20 bits per heavy atom. The molecular formula is C21H22BrNO2. The zero-order valence-electron chi connectivity index (χ0n) is 14.5. The summed E-state index contributed by atoms with van der Waals surface area (Å²) >= 11 is 3.47. The molecule has 1 aliphatic heterocycles. The smallest absolute Gasteiger partial charge is 0.133 e. The molecule has 0 spiro atoms. The summed E-state index contributed by atoms with van der Waals surface area (Å²) in [7, 11) is 0. The molecular weight excluding hydrogens is 378 g/mol. The highest BCUT2D eigenvalue weighted by Gasteiger charge is 2.35. The Morgan fingerprint density at radius 2 is 1.88 bits per heavy atom. The molecule has 2 aromatic rings. The van der Waals surface area contributed by atoms with Crippen molar-refractivity contribution in [1.29, 1.82) is 0 Å². The van der Waals surface area contributed by atoms with Gasteiger partial charge in [-0.2, -0.15) is 0 Å². The normalized spacial score (nSPS) is 21.2. The van der Waals surface area contributed by atoms with Gasteiger partial charge in [0.1, 0.15) is 18.1 Å². The summed E-state index contributed by atoms with van der Waals surface area (Å²) in [6, 6.07) is 18.5. The lowest BCUT2D eigenvalue weighted by Crippen LogP contribution is -2.39. The van der Waals surface area contributed by atoms with Crippen LogP contribution in [0.25, 0.3) is 0 Å². The Hall–Kier alpha value is -1.91. The van der Waals surface area contributed by atoms with Crippen molar-refractivity contribution in [1.82, 2.24) is 4.90 Å². The summed E-state index contributed by atoms with van der Waals surface area (Å²) in [6.07, 6.45) is 4.42. The van der Waals surface area contributed by atoms with E-state index in [-0.39, 0.29) is 11.8 Å². The van der Waals surface area contributed by atoms with E-state index in [0.29, 0.717) is 13.2 Å². The number of nitrogens with zero attached hydrogens (tertiary/aromatic N) is 1. The van der Waals surface area contributed by atoms with Crippen molar-refractivity contribution in [2.75, 3.05) is 6.73 Å². The molecule has 0 fully saturated rings. The molecule has 0 N–H and O–H groups in total. The summed E-state index contributed by atoms with van der Waals surface area (Å²) in [4.78, 5) is 14.0. The van der Waals surface area contributed by atoms with E-state index in [1.165, 1.54) is 5.56 Å². The highest BCUT2D eigenvalue weighted by molar-refractivity contribution is 9.10. The van der Waals surface area contributed by atoms with Crippen LogP contribution in [-0.2, 0) is 15.1 Å². The fourth-order valence-electron chi connectivity index (χ4n) is 3.15. The maximum Gasteiger partial charge on any atom is 0.133 e. The second-order valence-electron chi connectivity index (χ2n) is 6.47. The number of halogens is 1. The fourth-order valence-corrected chi connectivity index (χ4v) is 3.42. The molecule has 1 heterocycles. The third-order valence-electron chi connectivity index (χ3n) is 4.63. The first-order valence-corrected chi connectivity index (χ1v) is 9.19. The molecule has 4 heteroatoms. The molecule has 130 valence electrons. The van der Waals surface area contributed by atoms with Gasteiger partial charge >= 0.3 is 0 Å². The van der Waals surface area contributed by atoms with Crippen LogP contribution >= 0.6 is 15.9 Å². The molecule has 0 unspecified atom stereocenters. The van der Waals surface area contributed by atoms with Gasteiger partial charge in [-0.3, -0.25) is 4.79 Å². The largest absolute Gasteiger partial charge is 0.348 e. The van der Waals surface area contributed by atoms with E-state index in [9.17, 15) is 4.79 Å². The van der Waals surface area contributed by atoms with Gasteiger partial charge in [0, 0.05) is 17.1 Å². The zero-order chi connectivity index (χ0) is 17.9. The second kappa shape index (κ2) is 7.54. The van der Waals surface area contributed by atoms with Crippen molar-refractivity contribution in [3.63, 3.8) is 0 Å². The minimum absolute atomic E-state index is 0.114. The van der Waals surface area contributed by atoms with E-state index in [0.717, 1.165) is 10.0 Å². The molecule has 2 atom stereocenters. The van der Waals surface area contributed by atoms with Gasteiger partial charge in [-0.25, -0.2) is 0 Å². The Labute approximate surface area is 157 Å². The predicted octanol–water partition coefficient (Wildman–Crippen LogP) is 5.19. The lowest BCUT2D eigenvalue weighted by atomic mass is 9.87.